The second-order valence-electron chi connectivity index (χ2n) is 18.5. The summed E-state index contributed by atoms with van der Waals surface area (Å²) in [6.07, 6.45) is 14.9. The van der Waals surface area contributed by atoms with Gasteiger partial charge in [-0.2, -0.15) is 0 Å². The molecule has 88 heavy (non-hydrogen) atoms. The average Bonchev–Trinajstić information content (AvgIpc) is 4.14. The van der Waals surface area contributed by atoms with Crippen molar-refractivity contribution in [3.8, 4) is 23.0 Å². The molecule has 2 atom stereocenters. The van der Waals surface area contributed by atoms with E-state index in [1.807, 2.05) is 31.2 Å². The smallest absolute Gasteiger partial charge is 0.162 e. The Morgan fingerprint density at radius 1 is 0.545 bits per heavy atom. The van der Waals surface area contributed by atoms with Crippen LogP contribution in [-0.4, -0.2) is 102 Å². The molecular formula is C61H62F3N17O7. The zero-order valence-corrected chi connectivity index (χ0v) is 48.3. The number of anilines is 8. The molecule has 4 heterocycles. The molecule has 10 N–H and O–H groups in total. The molecule has 454 valence electrons. The summed E-state index contributed by atoms with van der Waals surface area (Å²) < 4.78 is 62.4. The van der Waals surface area contributed by atoms with Crippen LogP contribution in [0.15, 0.2) is 173 Å². The molecule has 24 nitrogen and oxygen atoms in total. The van der Waals surface area contributed by atoms with E-state index in [0.29, 0.717) is 98.5 Å². The van der Waals surface area contributed by atoms with Crippen LogP contribution >= 0.6 is 0 Å². The van der Waals surface area contributed by atoms with Crippen LogP contribution in [-0.2, 0) is 34.1 Å². The first kappa shape index (κ1) is 62.5. The van der Waals surface area contributed by atoms with Crippen molar-refractivity contribution in [2.24, 2.45) is 20.5 Å². The number of hydrogen-bond acceptors (Lipinski definition) is 24. The van der Waals surface area contributed by atoms with Gasteiger partial charge in [-0.25, -0.2) is 43.1 Å². The largest absolute Gasteiger partial charge is 0.493 e. The van der Waals surface area contributed by atoms with Gasteiger partial charge in [0.1, 0.15) is 111 Å². The lowest BCUT2D eigenvalue weighted by atomic mass is 10.0. The van der Waals surface area contributed by atoms with Crippen molar-refractivity contribution in [2.75, 3.05) is 68.2 Å². The number of amidine groups is 1. The molecule has 27 heteroatoms. The van der Waals surface area contributed by atoms with Crippen molar-refractivity contribution < 1.29 is 46.6 Å². The van der Waals surface area contributed by atoms with Crippen LogP contribution in [0.5, 0.6) is 23.0 Å². The van der Waals surface area contributed by atoms with Gasteiger partial charge < -0.3 is 71.9 Å². The van der Waals surface area contributed by atoms with E-state index >= 15 is 0 Å². The number of oxime groups is 3. The number of methoxy groups -OCH3 is 2. The SMILES string of the molecule is CCO/N=C/c1c(N)ncnc1Nc1ccc(OCc2cccc(F)c2)c(OC)c1.CO/N=C/c1c(N)ncnc1NC1=CC2NC(Cc3cccc(F)c3)=NC2C=C1.CO/N=C/c1c(N)ncnc1Nc1ccc(OCc2cccc(F)c2)c(OC)c1. The zero-order chi connectivity index (χ0) is 62.2. The van der Waals surface area contributed by atoms with E-state index in [-0.39, 0.29) is 54.4 Å². The van der Waals surface area contributed by atoms with E-state index in [9.17, 15) is 13.2 Å². The standard InChI is InChI=1S/C21H22FN5O3.C20H20FN7O.C20H20FN5O3/c1-3-30-26-11-17-20(23)24-13-25-21(17)27-16-7-8-18(19(10-16)28-2)29-12-14-5-4-6-15(22)9-14;1-29-25-10-15-19(22)23-11-24-20(15)26-14-5-6-16-17(9-14)28-18(27-16)8-12-3-2-4-13(21)7-12;1-27-18-9-15(26-20-16(10-25-28-2)19(22)23-12-24-20)6-7-17(18)29-11-13-4-3-5-14(21)8-13/h4-11,13H,3,12H2,1-2H3,(H3,23,24,25,27);2-7,9-11,16-17H,8H2,1H3,(H,27,28)(H3,22,23,24,26);3-10,12H,11H2,1-2H3,(H3,22,23,24,26)/b26-11+;2*25-10+. The normalized spacial score (nSPS) is 13.8. The number of rotatable bonds is 23. The summed E-state index contributed by atoms with van der Waals surface area (Å²) in [6.45, 7) is 2.68. The molecule has 2 aliphatic rings. The number of nitrogens with zero attached hydrogens (tertiary/aromatic N) is 10. The Morgan fingerprint density at radius 2 is 1.00 bits per heavy atom. The maximum atomic E-state index is 13.4. The van der Waals surface area contributed by atoms with Crippen molar-refractivity contribution in [3.63, 3.8) is 0 Å². The van der Waals surface area contributed by atoms with Crippen LogP contribution in [0.1, 0.15) is 40.3 Å². The molecule has 0 spiro atoms. The molecule has 5 aromatic carbocycles. The summed E-state index contributed by atoms with van der Waals surface area (Å²) in [7, 11) is 5.95. The fourth-order valence-electron chi connectivity index (χ4n) is 8.35. The Labute approximate surface area is 504 Å². The second kappa shape index (κ2) is 31.4. The van der Waals surface area contributed by atoms with Gasteiger partial charge in [0.15, 0.2) is 23.0 Å². The number of fused-ring (bicyclic) bond motifs is 1. The summed E-state index contributed by atoms with van der Waals surface area (Å²) in [5, 5.41) is 24.2. The van der Waals surface area contributed by atoms with E-state index in [1.54, 1.807) is 66.7 Å². The minimum Gasteiger partial charge on any atom is -0.493 e. The van der Waals surface area contributed by atoms with Gasteiger partial charge in [-0.05, 0) is 96.4 Å². The first-order valence-electron chi connectivity index (χ1n) is 26.8. The Balaban J connectivity index is 0.000000171. The summed E-state index contributed by atoms with van der Waals surface area (Å²) in [5.41, 5.74) is 23.8. The van der Waals surface area contributed by atoms with Crippen LogP contribution < -0.4 is 57.4 Å². The number of benzene rings is 5. The number of nitrogen functional groups attached to an aromatic ring is 3. The van der Waals surface area contributed by atoms with Crippen molar-refractivity contribution >= 4 is 70.8 Å². The van der Waals surface area contributed by atoms with E-state index in [4.69, 9.17) is 50.7 Å². The van der Waals surface area contributed by atoms with E-state index in [1.165, 1.54) is 102 Å². The topological polar surface area (TPSA) is 318 Å². The highest BCUT2D eigenvalue weighted by Crippen LogP contribution is 2.35. The molecule has 0 saturated carbocycles. The van der Waals surface area contributed by atoms with E-state index in [0.717, 1.165) is 17.1 Å². The number of allylic oxidation sites excluding steroid dienone is 1. The molecule has 0 fully saturated rings. The minimum absolute atomic E-state index is 0.00124. The number of aliphatic imine (C=N–C) groups is 1. The van der Waals surface area contributed by atoms with Gasteiger partial charge in [0.2, 0.25) is 0 Å². The predicted octanol–water partition coefficient (Wildman–Crippen LogP) is 9.43. The number of hydrogen-bond donors (Lipinski definition) is 7. The van der Waals surface area contributed by atoms with Crippen LogP contribution in [0.2, 0.25) is 0 Å². The zero-order valence-electron chi connectivity index (χ0n) is 48.3. The molecule has 0 amide bonds. The van der Waals surface area contributed by atoms with Crippen LogP contribution in [0, 0.1) is 17.5 Å². The third-order valence-electron chi connectivity index (χ3n) is 12.5. The quantitative estimate of drug-likeness (QED) is 0.0231. The van der Waals surface area contributed by atoms with Gasteiger partial charge >= 0.3 is 0 Å². The van der Waals surface area contributed by atoms with Crippen molar-refractivity contribution in [2.45, 2.75) is 38.6 Å². The maximum Gasteiger partial charge on any atom is 0.162 e. The number of nitrogens with one attached hydrogen (secondary N) is 4. The number of nitrogens with two attached hydrogens (primary N) is 3. The van der Waals surface area contributed by atoms with Crippen LogP contribution in [0.4, 0.5) is 59.5 Å². The molecule has 2 unspecified atom stereocenters. The lowest BCUT2D eigenvalue weighted by Gasteiger charge is -2.19. The van der Waals surface area contributed by atoms with Gasteiger partial charge in [-0.1, -0.05) is 57.9 Å². The Hall–Kier alpha value is -11.5. The monoisotopic (exact) mass is 1200 g/mol. The molecule has 0 bridgehead atoms. The molecule has 10 rings (SSSR count). The Kier molecular flexibility index (Phi) is 22.3. The van der Waals surface area contributed by atoms with Crippen molar-refractivity contribution in [1.82, 2.24) is 35.2 Å². The summed E-state index contributed by atoms with van der Waals surface area (Å²) >= 11 is 0. The molecule has 0 radical (unpaired) electrons. The highest BCUT2D eigenvalue weighted by molar-refractivity contribution is 5.94. The van der Waals surface area contributed by atoms with Gasteiger partial charge in [-0.15, -0.1) is 0 Å². The maximum absolute atomic E-state index is 13.4. The number of ether oxygens (including phenoxy) is 4. The molecule has 0 saturated heterocycles. The Bertz CT molecular complexity index is 3850. The molecular weight excluding hydrogens is 1140 g/mol. The molecule has 1 aliphatic heterocycles. The van der Waals surface area contributed by atoms with Gasteiger partial charge in [-0.3, -0.25) is 4.99 Å². The lowest BCUT2D eigenvalue weighted by molar-refractivity contribution is 0.160. The summed E-state index contributed by atoms with van der Waals surface area (Å²) in [5.74, 6) is 4.24. The second-order valence-corrected chi connectivity index (χ2v) is 18.5. The van der Waals surface area contributed by atoms with E-state index < -0.39 is 0 Å². The first-order chi connectivity index (χ1) is 42.8. The van der Waals surface area contributed by atoms with Crippen LogP contribution in [0.3, 0.4) is 0 Å². The van der Waals surface area contributed by atoms with Crippen molar-refractivity contribution in [1.29, 1.82) is 0 Å². The molecule has 8 aromatic rings. The minimum atomic E-state index is -0.311. The van der Waals surface area contributed by atoms with Crippen molar-refractivity contribution in [3.05, 3.63) is 203 Å². The van der Waals surface area contributed by atoms with Gasteiger partial charge in [0.25, 0.3) is 0 Å². The molecule has 3 aromatic heterocycles. The highest BCUT2D eigenvalue weighted by atomic mass is 19.1. The van der Waals surface area contributed by atoms with E-state index in [2.05, 4.69) is 71.6 Å². The van der Waals surface area contributed by atoms with Crippen LogP contribution in [0.25, 0.3) is 0 Å². The predicted molar refractivity (Wildman–Crippen MR) is 331 cm³/mol. The molecule has 1 aliphatic carbocycles. The highest BCUT2D eigenvalue weighted by Gasteiger charge is 2.28. The summed E-state index contributed by atoms with van der Waals surface area (Å²) in [6, 6.07) is 29.6. The lowest BCUT2D eigenvalue weighted by Crippen LogP contribution is -2.35. The Morgan fingerprint density at radius 3 is 1.45 bits per heavy atom. The number of aromatic nitrogens is 6. The average molecular weight is 1200 g/mol. The number of halogens is 3. The fourth-order valence-corrected chi connectivity index (χ4v) is 8.35. The third kappa shape index (κ3) is 17.8. The third-order valence-corrected chi connectivity index (χ3v) is 12.5. The van der Waals surface area contributed by atoms with Gasteiger partial charge in [0.05, 0.1) is 61.6 Å². The van der Waals surface area contributed by atoms with Gasteiger partial charge in [0, 0.05) is 35.6 Å². The first-order valence-corrected chi connectivity index (χ1v) is 26.8. The summed E-state index contributed by atoms with van der Waals surface area (Å²) in [4.78, 5) is 43.7. The fraction of sp³-hybridized carbons (Fsp3) is 0.180.